The molecule has 1 aliphatic rings. The molecule has 0 amide bonds. The van der Waals surface area contributed by atoms with Crippen LogP contribution in [0.4, 0.5) is 23.1 Å². The highest BCUT2D eigenvalue weighted by Gasteiger charge is 2.24. The lowest BCUT2D eigenvalue weighted by Crippen LogP contribution is -2.25. The smallest absolute Gasteiger partial charge is 0.315 e. The normalized spacial score (nSPS) is 13.1. The highest BCUT2D eigenvalue weighted by atomic mass is 32.2. The number of pyridine rings is 2. The first-order valence-electron chi connectivity index (χ1n) is 10.1. The maximum atomic E-state index is 11.7. The first-order chi connectivity index (χ1) is 15.6. The van der Waals surface area contributed by atoms with E-state index >= 15 is 0 Å². The van der Waals surface area contributed by atoms with E-state index in [4.69, 9.17) is 19.8 Å². The SMILES string of the molecule is N#Cc1ccc(Nc2nc(NC3CCSCC3)c(OCCOCCO)cc2[N+](=O)[O-])nc1.O.O. The van der Waals surface area contributed by atoms with Crippen LogP contribution in [0.3, 0.4) is 0 Å². The van der Waals surface area contributed by atoms with Crippen molar-refractivity contribution in [3.05, 3.63) is 40.1 Å². The zero-order valence-electron chi connectivity index (χ0n) is 18.3. The molecule has 14 heteroatoms. The van der Waals surface area contributed by atoms with E-state index in [9.17, 15) is 10.1 Å². The number of nitriles is 1. The fraction of sp³-hybridized carbons (Fsp3) is 0.450. The summed E-state index contributed by atoms with van der Waals surface area (Å²) in [6.07, 6.45) is 3.27. The number of aromatic nitrogens is 2. The van der Waals surface area contributed by atoms with Crippen LogP contribution in [-0.2, 0) is 4.74 Å². The monoisotopic (exact) mass is 496 g/mol. The Morgan fingerprint density at radius 3 is 2.62 bits per heavy atom. The number of hydrogen-bond donors (Lipinski definition) is 3. The number of aliphatic hydroxyl groups is 1. The molecule has 0 radical (unpaired) electrons. The molecule has 2 aromatic heterocycles. The molecule has 2 aromatic rings. The predicted molar refractivity (Wildman–Crippen MR) is 128 cm³/mol. The molecule has 0 saturated carbocycles. The van der Waals surface area contributed by atoms with Crippen LogP contribution in [0.1, 0.15) is 18.4 Å². The minimum absolute atomic E-state index is 0. The van der Waals surface area contributed by atoms with E-state index in [1.807, 2.05) is 17.8 Å². The summed E-state index contributed by atoms with van der Waals surface area (Å²) in [5.41, 5.74) is 0.106. The van der Waals surface area contributed by atoms with Gasteiger partial charge in [-0.1, -0.05) is 0 Å². The molecule has 3 heterocycles. The van der Waals surface area contributed by atoms with E-state index in [1.165, 1.54) is 12.3 Å². The van der Waals surface area contributed by atoms with Gasteiger partial charge in [0.25, 0.3) is 0 Å². The topological polar surface area (TPSA) is 218 Å². The van der Waals surface area contributed by atoms with Gasteiger partial charge in [-0.15, -0.1) is 0 Å². The van der Waals surface area contributed by atoms with Crippen molar-refractivity contribution >= 4 is 34.9 Å². The molecule has 7 N–H and O–H groups in total. The highest BCUT2D eigenvalue weighted by Crippen LogP contribution is 2.35. The van der Waals surface area contributed by atoms with Gasteiger partial charge in [-0.2, -0.15) is 17.0 Å². The highest BCUT2D eigenvalue weighted by molar-refractivity contribution is 7.99. The van der Waals surface area contributed by atoms with E-state index in [0.717, 1.165) is 24.3 Å². The summed E-state index contributed by atoms with van der Waals surface area (Å²) in [6.45, 7) is 0.470. The molecule has 1 saturated heterocycles. The Labute approximate surface area is 200 Å². The molecule has 0 atom stereocenters. The number of nitrogens with zero attached hydrogens (tertiary/aromatic N) is 4. The molecule has 186 valence electrons. The summed E-state index contributed by atoms with van der Waals surface area (Å²) < 4.78 is 10.9. The van der Waals surface area contributed by atoms with Gasteiger partial charge in [0.2, 0.25) is 5.82 Å². The molecule has 1 fully saturated rings. The Bertz CT molecular complexity index is 952. The zero-order valence-corrected chi connectivity index (χ0v) is 19.1. The first-order valence-corrected chi connectivity index (χ1v) is 11.2. The maximum absolute atomic E-state index is 11.7. The number of ether oxygens (including phenoxy) is 2. The third kappa shape index (κ3) is 8.28. The molecule has 13 nitrogen and oxygen atoms in total. The van der Waals surface area contributed by atoms with Gasteiger partial charge in [0.05, 0.1) is 36.4 Å². The quantitative estimate of drug-likeness (QED) is 0.227. The number of aliphatic hydroxyl groups excluding tert-OH is 1. The number of nitro groups is 1. The lowest BCUT2D eigenvalue weighted by molar-refractivity contribution is -0.384. The molecule has 1 aliphatic heterocycles. The van der Waals surface area contributed by atoms with Crippen molar-refractivity contribution < 1.29 is 30.5 Å². The van der Waals surface area contributed by atoms with E-state index in [1.54, 1.807) is 12.1 Å². The Hall–Kier alpha value is -3.22. The van der Waals surface area contributed by atoms with Gasteiger partial charge < -0.3 is 36.2 Å². The third-order valence-electron chi connectivity index (χ3n) is 4.59. The van der Waals surface area contributed by atoms with E-state index in [-0.39, 0.29) is 60.7 Å². The van der Waals surface area contributed by atoms with Crippen LogP contribution in [0.5, 0.6) is 5.75 Å². The summed E-state index contributed by atoms with van der Waals surface area (Å²) in [5.74, 6) is 3.03. The Kier molecular flexibility index (Phi) is 12.6. The van der Waals surface area contributed by atoms with Crippen molar-refractivity contribution in [1.29, 1.82) is 5.26 Å². The minimum atomic E-state index is -0.546. The van der Waals surface area contributed by atoms with Crippen molar-refractivity contribution in [3.63, 3.8) is 0 Å². The number of nitrogens with one attached hydrogen (secondary N) is 2. The van der Waals surface area contributed by atoms with Crippen LogP contribution in [-0.4, -0.2) is 74.9 Å². The summed E-state index contributed by atoms with van der Waals surface area (Å²) in [7, 11) is 0. The average Bonchev–Trinajstić information content (AvgIpc) is 2.81. The Morgan fingerprint density at radius 1 is 1.24 bits per heavy atom. The second-order valence-corrected chi connectivity index (χ2v) is 8.07. The van der Waals surface area contributed by atoms with Crippen LogP contribution < -0.4 is 15.4 Å². The van der Waals surface area contributed by atoms with Crippen LogP contribution in [0.25, 0.3) is 0 Å². The van der Waals surface area contributed by atoms with Crippen LogP contribution >= 0.6 is 11.8 Å². The van der Waals surface area contributed by atoms with Crippen molar-refractivity contribution in [2.75, 3.05) is 48.6 Å². The van der Waals surface area contributed by atoms with Gasteiger partial charge in [-0.05, 0) is 36.5 Å². The third-order valence-corrected chi connectivity index (χ3v) is 5.63. The molecular weight excluding hydrogens is 468 g/mol. The Balaban J connectivity index is 0.00000289. The lowest BCUT2D eigenvalue weighted by atomic mass is 10.1. The number of rotatable bonds is 11. The second kappa shape index (κ2) is 14.8. The van der Waals surface area contributed by atoms with Gasteiger partial charge in [-0.3, -0.25) is 10.1 Å². The van der Waals surface area contributed by atoms with E-state index < -0.39 is 4.92 Å². The van der Waals surface area contributed by atoms with Gasteiger partial charge in [0.1, 0.15) is 18.5 Å². The minimum Gasteiger partial charge on any atom is -0.487 e. The molecule has 3 rings (SSSR count). The summed E-state index contributed by atoms with van der Waals surface area (Å²) in [5, 5.41) is 35.7. The molecular formula is C20H28N6O7S. The van der Waals surface area contributed by atoms with E-state index in [0.29, 0.717) is 17.2 Å². The van der Waals surface area contributed by atoms with Crippen molar-refractivity contribution in [2.24, 2.45) is 0 Å². The summed E-state index contributed by atoms with van der Waals surface area (Å²) >= 11 is 1.89. The number of hydrogen-bond acceptors (Lipinski definition) is 11. The fourth-order valence-electron chi connectivity index (χ4n) is 3.00. The molecule has 0 unspecified atom stereocenters. The zero-order chi connectivity index (χ0) is 22.8. The van der Waals surface area contributed by atoms with Crippen LogP contribution in [0, 0.1) is 21.4 Å². The van der Waals surface area contributed by atoms with Crippen molar-refractivity contribution in [1.82, 2.24) is 9.97 Å². The van der Waals surface area contributed by atoms with Gasteiger partial charge in [-0.25, -0.2) is 9.97 Å². The molecule has 34 heavy (non-hydrogen) atoms. The largest absolute Gasteiger partial charge is 0.487 e. The number of anilines is 3. The lowest BCUT2D eigenvalue weighted by Gasteiger charge is -2.24. The fourth-order valence-corrected chi connectivity index (χ4v) is 4.10. The summed E-state index contributed by atoms with van der Waals surface area (Å²) in [4.78, 5) is 19.7. The van der Waals surface area contributed by atoms with Crippen LogP contribution in [0.15, 0.2) is 24.4 Å². The predicted octanol–water partition coefficient (Wildman–Crippen LogP) is 1.05. The molecule has 0 bridgehead atoms. The number of thioether (sulfide) groups is 1. The standard InChI is InChI=1S/C20H24N6O5S.2H2O/c21-12-14-1-2-18(22-13-14)24-19-16(26(28)29)11-17(31-8-7-30-6-5-27)20(25-19)23-15-3-9-32-10-4-15;;/h1-2,11,13,15,27H,3-10H2,(H2,22,23,24,25);2*1H2. The maximum Gasteiger partial charge on any atom is 0.315 e. The van der Waals surface area contributed by atoms with Gasteiger partial charge >= 0.3 is 5.69 Å². The van der Waals surface area contributed by atoms with Gasteiger partial charge in [0, 0.05) is 12.2 Å². The Morgan fingerprint density at radius 2 is 2.00 bits per heavy atom. The van der Waals surface area contributed by atoms with Crippen molar-refractivity contribution in [3.8, 4) is 11.8 Å². The average molecular weight is 497 g/mol. The van der Waals surface area contributed by atoms with Crippen LogP contribution in [0.2, 0.25) is 0 Å². The van der Waals surface area contributed by atoms with Crippen molar-refractivity contribution in [2.45, 2.75) is 18.9 Å². The van der Waals surface area contributed by atoms with Gasteiger partial charge in [0.15, 0.2) is 11.6 Å². The second-order valence-electron chi connectivity index (χ2n) is 6.84. The first kappa shape index (κ1) is 28.8. The molecule has 0 aromatic carbocycles. The van der Waals surface area contributed by atoms with E-state index in [2.05, 4.69) is 20.6 Å². The molecule has 0 aliphatic carbocycles. The molecule has 0 spiro atoms. The summed E-state index contributed by atoms with van der Waals surface area (Å²) in [6, 6.07) is 6.59.